The lowest BCUT2D eigenvalue weighted by atomic mass is 10.2. The molecule has 0 saturated heterocycles. The second-order valence-corrected chi connectivity index (χ2v) is 5.84. The average Bonchev–Trinajstić information content (AvgIpc) is 2.81. The van der Waals surface area contributed by atoms with Gasteiger partial charge in [0.05, 0.1) is 17.6 Å². The molecule has 0 radical (unpaired) electrons. The Kier molecular flexibility index (Phi) is 5.74. The lowest BCUT2D eigenvalue weighted by Crippen LogP contribution is -2.06. The van der Waals surface area contributed by atoms with E-state index in [0.29, 0.717) is 22.3 Å². The van der Waals surface area contributed by atoms with E-state index in [1.807, 2.05) is 0 Å². The molecule has 3 N–H and O–H groups in total. The molecular formula is C21H17F3N4. The minimum atomic E-state index is -1.17. The number of nitrogens with two attached hydrogens (primary N) is 1. The van der Waals surface area contributed by atoms with Gasteiger partial charge in [0.1, 0.15) is 17.5 Å². The number of halogens is 3. The van der Waals surface area contributed by atoms with Gasteiger partial charge in [-0.25, -0.2) is 23.1 Å². The van der Waals surface area contributed by atoms with Gasteiger partial charge in [-0.3, -0.25) is 0 Å². The molecule has 0 aliphatic heterocycles. The third-order valence-electron chi connectivity index (χ3n) is 3.96. The van der Waals surface area contributed by atoms with E-state index in [2.05, 4.69) is 21.9 Å². The van der Waals surface area contributed by atoms with Crippen molar-refractivity contribution < 1.29 is 13.2 Å². The Morgan fingerprint density at radius 1 is 1.11 bits per heavy atom. The van der Waals surface area contributed by atoms with E-state index in [1.54, 1.807) is 42.5 Å². The molecule has 1 heterocycles. The summed E-state index contributed by atoms with van der Waals surface area (Å²) >= 11 is 0. The van der Waals surface area contributed by atoms with Crippen molar-refractivity contribution >= 4 is 22.3 Å². The first-order valence-corrected chi connectivity index (χ1v) is 8.39. The van der Waals surface area contributed by atoms with Crippen molar-refractivity contribution in [3.05, 3.63) is 96.4 Å². The first-order valence-electron chi connectivity index (χ1n) is 8.39. The molecule has 0 atom stereocenters. The summed E-state index contributed by atoms with van der Waals surface area (Å²) in [6.07, 6.45) is 7.51. The highest BCUT2D eigenvalue weighted by atomic mass is 19.2. The molecule has 1 aliphatic carbocycles. The van der Waals surface area contributed by atoms with Gasteiger partial charge in [-0.15, -0.1) is 0 Å². The van der Waals surface area contributed by atoms with Crippen LogP contribution in [-0.2, 0) is 0 Å². The number of allylic oxidation sites excluding steroid dienone is 9. The third-order valence-corrected chi connectivity index (χ3v) is 3.96. The van der Waals surface area contributed by atoms with Crippen LogP contribution in [0.5, 0.6) is 0 Å². The molecule has 0 unspecified atom stereocenters. The molecule has 0 fully saturated rings. The second kappa shape index (κ2) is 8.39. The number of benzene rings is 1. The normalized spacial score (nSPS) is 15.5. The highest BCUT2D eigenvalue weighted by Gasteiger charge is 2.17. The number of rotatable bonds is 5. The van der Waals surface area contributed by atoms with Crippen LogP contribution in [0, 0.1) is 0 Å². The summed E-state index contributed by atoms with van der Waals surface area (Å²) in [5, 5.41) is 3.44. The quantitative estimate of drug-likeness (QED) is 0.682. The van der Waals surface area contributed by atoms with Gasteiger partial charge >= 0.3 is 0 Å². The largest absolute Gasteiger partial charge is 0.404 e. The van der Waals surface area contributed by atoms with Crippen LogP contribution in [0.1, 0.15) is 12.2 Å². The van der Waals surface area contributed by atoms with Gasteiger partial charge in [0.25, 0.3) is 0 Å². The highest BCUT2D eigenvalue weighted by Crippen LogP contribution is 2.29. The molecule has 3 rings (SSSR count). The van der Waals surface area contributed by atoms with Crippen LogP contribution in [0.4, 0.5) is 19.0 Å². The lowest BCUT2D eigenvalue weighted by molar-refractivity contribution is 0.502. The Bertz CT molecular complexity index is 1080. The average molecular weight is 382 g/mol. The fraction of sp³-hybridized carbons (Fsp3) is 0.0476. The summed E-state index contributed by atoms with van der Waals surface area (Å²) in [6.45, 7) is 3.61. The molecule has 0 bridgehead atoms. The Balaban J connectivity index is 2.10. The van der Waals surface area contributed by atoms with Gasteiger partial charge in [0.2, 0.25) is 0 Å². The van der Waals surface area contributed by atoms with Gasteiger partial charge in [0.15, 0.2) is 11.7 Å². The minimum Gasteiger partial charge on any atom is -0.404 e. The number of anilines is 1. The van der Waals surface area contributed by atoms with Crippen LogP contribution in [0.3, 0.4) is 0 Å². The van der Waals surface area contributed by atoms with E-state index in [4.69, 9.17) is 5.73 Å². The van der Waals surface area contributed by atoms with Crippen molar-refractivity contribution in [1.82, 2.24) is 9.97 Å². The van der Waals surface area contributed by atoms with E-state index in [0.717, 1.165) is 12.2 Å². The number of nitrogens with one attached hydrogen (secondary N) is 1. The maximum absolute atomic E-state index is 14.3. The van der Waals surface area contributed by atoms with Gasteiger partial charge in [-0.1, -0.05) is 30.9 Å². The van der Waals surface area contributed by atoms with Crippen molar-refractivity contribution in [3.63, 3.8) is 0 Å². The Morgan fingerprint density at radius 3 is 2.64 bits per heavy atom. The Morgan fingerprint density at radius 2 is 1.89 bits per heavy atom. The van der Waals surface area contributed by atoms with Crippen molar-refractivity contribution in [2.75, 3.05) is 5.32 Å². The SMILES string of the molecule is C=C/C=C\C(=C/N)c1nc(NC2=C(F)CC(F)=C(F)C=C2)c2ccccc2n1. The maximum Gasteiger partial charge on any atom is 0.163 e. The van der Waals surface area contributed by atoms with E-state index >= 15 is 0 Å². The molecule has 28 heavy (non-hydrogen) atoms. The molecule has 7 heteroatoms. The van der Waals surface area contributed by atoms with Gasteiger partial charge in [0, 0.05) is 17.2 Å². The first-order chi connectivity index (χ1) is 13.5. The standard InChI is InChI=1S/C21H17F3N4/c1-2-3-6-13(12-25)20-26-18-8-5-4-7-14(18)21(28-20)27-19-10-9-15(22)16(23)11-17(19)24/h2-10,12H,1,11,25H2,(H,26,27,28)/b6-3-,13-12+. The number of para-hydroxylation sites is 1. The summed E-state index contributed by atoms with van der Waals surface area (Å²) in [5.74, 6) is -2.53. The van der Waals surface area contributed by atoms with Gasteiger partial charge in [-0.05, 0) is 30.4 Å². The summed E-state index contributed by atoms with van der Waals surface area (Å²) in [7, 11) is 0. The van der Waals surface area contributed by atoms with E-state index in [-0.39, 0.29) is 11.5 Å². The highest BCUT2D eigenvalue weighted by molar-refractivity contribution is 5.91. The number of hydrogen-bond donors (Lipinski definition) is 2. The molecule has 1 aromatic carbocycles. The zero-order chi connectivity index (χ0) is 20.1. The molecular weight excluding hydrogens is 365 g/mol. The van der Waals surface area contributed by atoms with E-state index in [1.165, 1.54) is 6.20 Å². The summed E-state index contributed by atoms with van der Waals surface area (Å²) < 4.78 is 41.3. The maximum atomic E-state index is 14.3. The minimum absolute atomic E-state index is 0.0856. The fourth-order valence-corrected chi connectivity index (χ4v) is 2.57. The van der Waals surface area contributed by atoms with Crippen LogP contribution in [0.15, 0.2) is 90.6 Å². The zero-order valence-electron chi connectivity index (χ0n) is 14.8. The predicted molar refractivity (Wildman–Crippen MR) is 106 cm³/mol. The van der Waals surface area contributed by atoms with Crippen LogP contribution in [-0.4, -0.2) is 9.97 Å². The summed E-state index contributed by atoms with van der Waals surface area (Å²) in [5.41, 5.74) is 6.71. The molecule has 1 aromatic heterocycles. The number of nitrogens with zero attached hydrogens (tertiary/aromatic N) is 2. The zero-order valence-corrected chi connectivity index (χ0v) is 14.8. The van der Waals surface area contributed by atoms with Crippen LogP contribution in [0.2, 0.25) is 0 Å². The lowest BCUT2D eigenvalue weighted by Gasteiger charge is -2.12. The van der Waals surface area contributed by atoms with Crippen molar-refractivity contribution in [2.45, 2.75) is 6.42 Å². The second-order valence-electron chi connectivity index (χ2n) is 5.84. The summed E-state index contributed by atoms with van der Waals surface area (Å²) in [6, 6.07) is 7.10. The molecule has 4 nitrogen and oxygen atoms in total. The monoisotopic (exact) mass is 382 g/mol. The number of aromatic nitrogens is 2. The molecule has 1 aliphatic rings. The molecule has 0 saturated carbocycles. The van der Waals surface area contributed by atoms with Crippen LogP contribution in [0.25, 0.3) is 16.5 Å². The molecule has 0 spiro atoms. The Labute approximate surface area is 160 Å². The predicted octanol–water partition coefficient (Wildman–Crippen LogP) is 5.38. The van der Waals surface area contributed by atoms with Crippen molar-refractivity contribution in [3.8, 4) is 0 Å². The third kappa shape index (κ3) is 4.03. The van der Waals surface area contributed by atoms with E-state index in [9.17, 15) is 13.2 Å². The Hall–Kier alpha value is -3.61. The van der Waals surface area contributed by atoms with Crippen molar-refractivity contribution in [2.24, 2.45) is 5.73 Å². The van der Waals surface area contributed by atoms with E-state index < -0.39 is 23.9 Å². The van der Waals surface area contributed by atoms with Crippen molar-refractivity contribution in [1.29, 1.82) is 0 Å². The van der Waals surface area contributed by atoms with Crippen LogP contribution >= 0.6 is 0 Å². The van der Waals surface area contributed by atoms with Gasteiger partial charge < -0.3 is 11.1 Å². The smallest absolute Gasteiger partial charge is 0.163 e. The van der Waals surface area contributed by atoms with Gasteiger partial charge in [-0.2, -0.15) is 0 Å². The molecule has 2 aromatic rings. The number of fused-ring (bicyclic) bond motifs is 1. The topological polar surface area (TPSA) is 63.8 Å². The molecule has 142 valence electrons. The first kappa shape index (κ1) is 19.2. The number of hydrogen-bond acceptors (Lipinski definition) is 4. The molecule has 0 amide bonds. The fourth-order valence-electron chi connectivity index (χ4n) is 2.57. The summed E-state index contributed by atoms with van der Waals surface area (Å²) in [4.78, 5) is 8.90. The van der Waals surface area contributed by atoms with Crippen LogP contribution < -0.4 is 11.1 Å².